The first-order valence-electron chi connectivity index (χ1n) is 6.93. The van der Waals surface area contributed by atoms with Crippen molar-refractivity contribution in [2.75, 3.05) is 39.4 Å². The molecule has 2 saturated heterocycles. The predicted molar refractivity (Wildman–Crippen MR) is 69.5 cm³/mol. The fraction of sp³-hybridized carbons (Fsp3) is 0.692. The summed E-state index contributed by atoms with van der Waals surface area (Å²) in [6.07, 6.45) is 3.84. The monoisotopic (exact) mass is 264 g/mol. The van der Waals surface area contributed by atoms with Gasteiger partial charge in [-0.3, -0.25) is 14.8 Å². The number of morpholine rings is 1. The maximum atomic E-state index is 12.4. The molecule has 3 heterocycles. The number of amides is 1. The van der Waals surface area contributed by atoms with E-state index in [0.29, 0.717) is 6.54 Å². The van der Waals surface area contributed by atoms with E-state index in [0.717, 1.165) is 51.4 Å². The third-order valence-corrected chi connectivity index (χ3v) is 3.92. The third kappa shape index (κ3) is 2.79. The van der Waals surface area contributed by atoms with Crippen LogP contribution in [0.2, 0.25) is 0 Å². The van der Waals surface area contributed by atoms with Crippen LogP contribution in [0.25, 0.3) is 0 Å². The van der Waals surface area contributed by atoms with Gasteiger partial charge in [-0.25, -0.2) is 0 Å². The minimum absolute atomic E-state index is 0.177. The molecule has 1 N–H and O–H groups in total. The Kier molecular flexibility index (Phi) is 3.79. The number of H-pyrrole nitrogens is 1. The van der Waals surface area contributed by atoms with Crippen LogP contribution < -0.4 is 0 Å². The van der Waals surface area contributed by atoms with Crippen molar-refractivity contribution in [2.24, 2.45) is 0 Å². The lowest BCUT2D eigenvalue weighted by Gasteiger charge is -2.30. The van der Waals surface area contributed by atoms with Gasteiger partial charge in [0.05, 0.1) is 31.5 Å². The molecular formula is C13H20N4O2. The molecule has 1 aromatic heterocycles. The van der Waals surface area contributed by atoms with Gasteiger partial charge in [0.15, 0.2) is 0 Å². The molecule has 6 heteroatoms. The van der Waals surface area contributed by atoms with Crippen molar-refractivity contribution in [1.29, 1.82) is 0 Å². The van der Waals surface area contributed by atoms with Gasteiger partial charge in [0.25, 0.3) is 0 Å². The van der Waals surface area contributed by atoms with E-state index < -0.39 is 0 Å². The molecule has 3 rings (SSSR count). The molecule has 2 fully saturated rings. The molecule has 1 atom stereocenters. The summed E-state index contributed by atoms with van der Waals surface area (Å²) in [6.45, 7) is 4.54. The van der Waals surface area contributed by atoms with Crippen LogP contribution in [0.5, 0.6) is 0 Å². The zero-order valence-corrected chi connectivity index (χ0v) is 11.0. The first-order chi connectivity index (χ1) is 9.34. The molecule has 19 heavy (non-hydrogen) atoms. The Labute approximate surface area is 112 Å². The first-order valence-corrected chi connectivity index (χ1v) is 6.93. The zero-order valence-electron chi connectivity index (χ0n) is 11.0. The standard InChI is InChI=1S/C13H20N4O2/c18-13(10-16-6-8-19-9-7-16)17-5-1-2-12(17)11-3-4-14-15-11/h3-4,12H,1-2,5-10H2,(H,14,15). The first kappa shape index (κ1) is 12.6. The van der Waals surface area contributed by atoms with E-state index in [1.54, 1.807) is 6.20 Å². The van der Waals surface area contributed by atoms with E-state index in [9.17, 15) is 4.79 Å². The van der Waals surface area contributed by atoms with E-state index >= 15 is 0 Å². The second-order valence-corrected chi connectivity index (χ2v) is 5.15. The van der Waals surface area contributed by atoms with Crippen LogP contribution in [-0.2, 0) is 9.53 Å². The van der Waals surface area contributed by atoms with Crippen molar-refractivity contribution in [3.05, 3.63) is 18.0 Å². The van der Waals surface area contributed by atoms with Crippen LogP contribution >= 0.6 is 0 Å². The molecule has 0 radical (unpaired) electrons. The summed E-state index contributed by atoms with van der Waals surface area (Å²) in [5.41, 5.74) is 1.05. The van der Waals surface area contributed by atoms with Crippen molar-refractivity contribution in [2.45, 2.75) is 18.9 Å². The summed E-state index contributed by atoms with van der Waals surface area (Å²) in [6, 6.07) is 2.14. The summed E-state index contributed by atoms with van der Waals surface area (Å²) in [7, 11) is 0. The lowest BCUT2D eigenvalue weighted by molar-refractivity contribution is -0.134. The van der Waals surface area contributed by atoms with Crippen LogP contribution in [0.4, 0.5) is 0 Å². The molecule has 0 aliphatic carbocycles. The zero-order chi connectivity index (χ0) is 13.1. The highest BCUT2D eigenvalue weighted by atomic mass is 16.5. The molecule has 2 aliphatic heterocycles. The van der Waals surface area contributed by atoms with E-state index in [1.807, 2.05) is 11.0 Å². The highest BCUT2D eigenvalue weighted by Crippen LogP contribution is 2.30. The topological polar surface area (TPSA) is 61.5 Å². The number of rotatable bonds is 3. The Balaban J connectivity index is 1.62. The highest BCUT2D eigenvalue weighted by molar-refractivity contribution is 5.79. The molecule has 0 bridgehead atoms. The number of ether oxygens (including phenoxy) is 1. The van der Waals surface area contributed by atoms with Crippen LogP contribution in [0.15, 0.2) is 12.3 Å². The van der Waals surface area contributed by atoms with Crippen molar-refractivity contribution in [1.82, 2.24) is 20.0 Å². The van der Waals surface area contributed by atoms with E-state index in [4.69, 9.17) is 4.74 Å². The fourth-order valence-corrected chi connectivity index (χ4v) is 2.88. The van der Waals surface area contributed by atoms with E-state index in [-0.39, 0.29) is 11.9 Å². The molecule has 0 spiro atoms. The van der Waals surface area contributed by atoms with Crippen molar-refractivity contribution in [3.8, 4) is 0 Å². The summed E-state index contributed by atoms with van der Waals surface area (Å²) >= 11 is 0. The van der Waals surface area contributed by atoms with Gasteiger partial charge < -0.3 is 9.64 Å². The van der Waals surface area contributed by atoms with Gasteiger partial charge >= 0.3 is 0 Å². The number of nitrogens with zero attached hydrogens (tertiary/aromatic N) is 3. The number of hydrogen-bond acceptors (Lipinski definition) is 4. The molecule has 0 aromatic carbocycles. The maximum Gasteiger partial charge on any atom is 0.237 e. The second kappa shape index (κ2) is 5.71. The van der Waals surface area contributed by atoms with Crippen LogP contribution in [-0.4, -0.2) is 65.3 Å². The molecule has 2 aliphatic rings. The fourth-order valence-electron chi connectivity index (χ4n) is 2.88. The Bertz CT molecular complexity index is 414. The maximum absolute atomic E-state index is 12.4. The summed E-state index contributed by atoms with van der Waals surface area (Å²) < 4.78 is 5.31. The normalized spacial score (nSPS) is 24.8. The lowest BCUT2D eigenvalue weighted by Crippen LogP contribution is -2.44. The Morgan fingerprint density at radius 1 is 1.42 bits per heavy atom. The average Bonchev–Trinajstić information content (AvgIpc) is 3.10. The van der Waals surface area contributed by atoms with Gasteiger partial charge in [-0.2, -0.15) is 5.10 Å². The number of carbonyl (C=O) groups excluding carboxylic acids is 1. The summed E-state index contributed by atoms with van der Waals surface area (Å²) in [5.74, 6) is 0.221. The number of nitrogens with one attached hydrogen (secondary N) is 1. The average molecular weight is 264 g/mol. The number of aromatic nitrogens is 2. The number of carbonyl (C=O) groups is 1. The molecule has 6 nitrogen and oxygen atoms in total. The molecule has 1 amide bonds. The molecule has 0 saturated carbocycles. The van der Waals surface area contributed by atoms with Gasteiger partial charge in [0, 0.05) is 25.8 Å². The van der Waals surface area contributed by atoms with Gasteiger partial charge in [-0.1, -0.05) is 0 Å². The number of aromatic amines is 1. The molecule has 104 valence electrons. The summed E-state index contributed by atoms with van der Waals surface area (Å²) in [4.78, 5) is 16.6. The molecule has 1 unspecified atom stereocenters. The second-order valence-electron chi connectivity index (χ2n) is 5.15. The number of hydrogen-bond donors (Lipinski definition) is 1. The molecule has 1 aromatic rings. The minimum Gasteiger partial charge on any atom is -0.379 e. The minimum atomic E-state index is 0.177. The van der Waals surface area contributed by atoms with E-state index in [2.05, 4.69) is 15.1 Å². The highest BCUT2D eigenvalue weighted by Gasteiger charge is 2.31. The van der Waals surface area contributed by atoms with E-state index in [1.165, 1.54) is 0 Å². The Hall–Kier alpha value is -1.40. The van der Waals surface area contributed by atoms with Gasteiger partial charge in [0.1, 0.15) is 0 Å². The van der Waals surface area contributed by atoms with Crippen LogP contribution in [0, 0.1) is 0 Å². The SMILES string of the molecule is O=C(CN1CCOCC1)N1CCCC1c1ccn[nH]1. The predicted octanol–water partition coefficient (Wildman–Crippen LogP) is 0.405. The summed E-state index contributed by atoms with van der Waals surface area (Å²) in [5, 5.41) is 6.98. The van der Waals surface area contributed by atoms with Crippen LogP contribution in [0.1, 0.15) is 24.6 Å². The quantitative estimate of drug-likeness (QED) is 0.858. The number of likely N-dealkylation sites (tertiary alicyclic amines) is 1. The Morgan fingerprint density at radius 3 is 3.00 bits per heavy atom. The largest absolute Gasteiger partial charge is 0.379 e. The van der Waals surface area contributed by atoms with Crippen molar-refractivity contribution < 1.29 is 9.53 Å². The van der Waals surface area contributed by atoms with Crippen LogP contribution in [0.3, 0.4) is 0 Å². The van der Waals surface area contributed by atoms with Gasteiger partial charge in [-0.05, 0) is 18.9 Å². The molecular weight excluding hydrogens is 244 g/mol. The van der Waals surface area contributed by atoms with Gasteiger partial charge in [-0.15, -0.1) is 0 Å². The smallest absolute Gasteiger partial charge is 0.237 e. The lowest BCUT2D eigenvalue weighted by atomic mass is 10.1. The van der Waals surface area contributed by atoms with Crippen molar-refractivity contribution in [3.63, 3.8) is 0 Å². The van der Waals surface area contributed by atoms with Gasteiger partial charge in [0.2, 0.25) is 5.91 Å². The Morgan fingerprint density at radius 2 is 2.26 bits per heavy atom. The van der Waals surface area contributed by atoms with Crippen molar-refractivity contribution >= 4 is 5.91 Å². The third-order valence-electron chi connectivity index (χ3n) is 3.92.